The molecule has 0 aromatic heterocycles. The largest absolute Gasteiger partial charge is 0.488 e. The second kappa shape index (κ2) is 10.4. The van der Waals surface area contributed by atoms with Crippen LogP contribution >= 0.6 is 11.6 Å². The number of amides is 3. The Morgan fingerprint density at radius 2 is 1.82 bits per heavy atom. The highest BCUT2D eigenvalue weighted by molar-refractivity contribution is 6.31. The van der Waals surface area contributed by atoms with Gasteiger partial charge in [-0.25, -0.2) is 4.79 Å². The van der Waals surface area contributed by atoms with Crippen molar-refractivity contribution in [2.24, 2.45) is 0 Å². The Hall–Kier alpha value is -2.90. The molecule has 0 radical (unpaired) electrons. The lowest BCUT2D eigenvalue weighted by Crippen LogP contribution is -2.54. The summed E-state index contributed by atoms with van der Waals surface area (Å²) in [6.07, 6.45) is 3.25. The molecule has 7 nitrogen and oxygen atoms in total. The number of carbonyl (C=O) groups is 3. The van der Waals surface area contributed by atoms with Gasteiger partial charge in [0, 0.05) is 24.5 Å². The maximum atomic E-state index is 12.9. The Morgan fingerprint density at radius 1 is 1.06 bits per heavy atom. The Kier molecular flexibility index (Phi) is 7.30. The number of halogens is 1. The van der Waals surface area contributed by atoms with Crippen molar-refractivity contribution < 1.29 is 19.1 Å². The molecule has 2 aliphatic heterocycles. The van der Waals surface area contributed by atoms with Crippen molar-refractivity contribution in [3.05, 3.63) is 64.7 Å². The topological polar surface area (TPSA) is 87.7 Å². The van der Waals surface area contributed by atoms with E-state index in [4.69, 9.17) is 16.3 Å². The molecule has 174 valence electrons. The van der Waals surface area contributed by atoms with E-state index in [1.807, 2.05) is 30.3 Å². The quantitative estimate of drug-likeness (QED) is 0.330. The number of ketones is 1. The number of hydrogen-bond acceptors (Lipinski definition) is 5. The van der Waals surface area contributed by atoms with Gasteiger partial charge in [-0.2, -0.15) is 0 Å². The zero-order chi connectivity index (χ0) is 23.3. The molecule has 2 saturated heterocycles. The van der Waals surface area contributed by atoms with E-state index < -0.39 is 11.6 Å². The van der Waals surface area contributed by atoms with Crippen molar-refractivity contribution >= 4 is 29.3 Å². The van der Waals surface area contributed by atoms with E-state index in [-0.39, 0.29) is 11.7 Å². The van der Waals surface area contributed by atoms with Crippen LogP contribution < -0.4 is 15.4 Å². The minimum atomic E-state index is -0.744. The number of ether oxygens (including phenoxy) is 1. The highest BCUT2D eigenvalue weighted by atomic mass is 35.5. The number of Topliss-reactive ketones (excluding diaryl/α,β-unsaturated/α-hetero) is 1. The third kappa shape index (κ3) is 5.72. The lowest BCUT2D eigenvalue weighted by atomic mass is 9.87. The van der Waals surface area contributed by atoms with Gasteiger partial charge < -0.3 is 15.0 Å². The first-order valence-corrected chi connectivity index (χ1v) is 11.7. The van der Waals surface area contributed by atoms with E-state index in [1.54, 1.807) is 18.2 Å². The first-order chi connectivity index (χ1) is 15.9. The van der Waals surface area contributed by atoms with E-state index in [9.17, 15) is 14.4 Å². The third-order valence-corrected chi connectivity index (χ3v) is 6.57. The molecule has 0 saturated carbocycles. The van der Waals surface area contributed by atoms with Gasteiger partial charge in [0.05, 0.1) is 5.56 Å². The lowest BCUT2D eigenvalue weighted by Gasteiger charge is -2.36. The molecule has 2 aliphatic rings. The van der Waals surface area contributed by atoms with E-state index in [2.05, 4.69) is 15.5 Å². The van der Waals surface area contributed by atoms with Gasteiger partial charge in [-0.3, -0.25) is 14.9 Å². The summed E-state index contributed by atoms with van der Waals surface area (Å²) in [5.41, 5.74) is 0.803. The maximum absolute atomic E-state index is 12.9. The Morgan fingerprint density at radius 3 is 2.52 bits per heavy atom. The van der Waals surface area contributed by atoms with Gasteiger partial charge in [-0.15, -0.1) is 0 Å². The molecule has 33 heavy (non-hydrogen) atoms. The number of nitrogens with one attached hydrogen (secondary N) is 2. The maximum Gasteiger partial charge on any atom is 0.322 e. The molecule has 4 rings (SSSR count). The summed E-state index contributed by atoms with van der Waals surface area (Å²) in [7, 11) is 0. The fourth-order valence-corrected chi connectivity index (χ4v) is 4.55. The predicted octanol–water partition coefficient (Wildman–Crippen LogP) is 3.95. The second-order valence-electron chi connectivity index (χ2n) is 8.63. The number of urea groups is 1. The molecule has 0 unspecified atom stereocenters. The van der Waals surface area contributed by atoms with Crippen LogP contribution in [0.2, 0.25) is 5.02 Å². The van der Waals surface area contributed by atoms with Crippen LogP contribution in [0.5, 0.6) is 5.75 Å². The second-order valence-corrected chi connectivity index (χ2v) is 9.06. The van der Waals surface area contributed by atoms with Crippen molar-refractivity contribution in [1.29, 1.82) is 0 Å². The molecule has 2 fully saturated rings. The molecule has 0 aliphatic carbocycles. The Bertz CT molecular complexity index is 1020. The fraction of sp³-hybridized carbons (Fsp3) is 0.400. The summed E-state index contributed by atoms with van der Waals surface area (Å²) in [6, 6.07) is 14.6. The minimum absolute atomic E-state index is 0.0171. The average Bonchev–Trinajstić information content (AvgIpc) is 3.09. The summed E-state index contributed by atoms with van der Waals surface area (Å²) >= 11 is 6.14. The molecule has 2 heterocycles. The molecule has 8 heteroatoms. The Labute approximate surface area is 198 Å². The van der Waals surface area contributed by atoms with Gasteiger partial charge >= 0.3 is 6.03 Å². The van der Waals surface area contributed by atoms with Gasteiger partial charge in [-0.05, 0) is 56.0 Å². The summed E-state index contributed by atoms with van der Waals surface area (Å²) in [6.45, 7) is 2.73. The normalized spacial score (nSPS) is 17.6. The fourth-order valence-electron chi connectivity index (χ4n) is 4.38. The zero-order valence-electron chi connectivity index (χ0n) is 18.4. The number of imide groups is 1. The standard InChI is InChI=1S/C25H28ClN3O4/c26-19-9-10-22(33-17-18-6-2-1-3-7-18)20(16-19)21(30)8-4-5-13-29-14-11-25(12-15-29)23(31)27-24(32)28-25/h1-3,6-7,9-10,16H,4-5,8,11-15,17H2,(H2,27,28,31,32). The SMILES string of the molecule is O=C1NC(=O)C2(CCN(CCCCC(=O)c3cc(Cl)ccc3OCc3ccccc3)CC2)N1. The zero-order valence-corrected chi connectivity index (χ0v) is 19.2. The summed E-state index contributed by atoms with van der Waals surface area (Å²) in [4.78, 5) is 38.7. The molecule has 3 amide bonds. The molecular weight excluding hydrogens is 442 g/mol. The Balaban J connectivity index is 1.23. The molecule has 2 aromatic carbocycles. The number of benzene rings is 2. The highest BCUT2D eigenvalue weighted by Gasteiger charge is 2.47. The summed E-state index contributed by atoms with van der Waals surface area (Å²) in [5, 5.41) is 5.62. The van der Waals surface area contributed by atoms with E-state index in [0.29, 0.717) is 42.2 Å². The van der Waals surface area contributed by atoms with Crippen LogP contribution in [0.25, 0.3) is 0 Å². The van der Waals surface area contributed by atoms with Crippen molar-refractivity contribution in [3.63, 3.8) is 0 Å². The van der Waals surface area contributed by atoms with Crippen LogP contribution in [0, 0.1) is 0 Å². The summed E-state index contributed by atoms with van der Waals surface area (Å²) < 4.78 is 5.91. The predicted molar refractivity (Wildman–Crippen MR) is 125 cm³/mol. The monoisotopic (exact) mass is 469 g/mol. The van der Waals surface area contributed by atoms with Crippen LogP contribution in [0.15, 0.2) is 48.5 Å². The van der Waals surface area contributed by atoms with Gasteiger partial charge in [0.25, 0.3) is 5.91 Å². The number of piperidine rings is 1. The van der Waals surface area contributed by atoms with Crippen LogP contribution in [-0.4, -0.2) is 47.8 Å². The van der Waals surface area contributed by atoms with Gasteiger partial charge in [0.2, 0.25) is 0 Å². The first kappa shape index (κ1) is 23.3. The molecule has 2 N–H and O–H groups in total. The van der Waals surface area contributed by atoms with Crippen molar-refractivity contribution in [2.45, 2.75) is 44.2 Å². The molecule has 2 aromatic rings. The molecule has 0 bridgehead atoms. The number of rotatable bonds is 9. The van der Waals surface area contributed by atoms with E-state index in [1.165, 1.54) is 0 Å². The summed E-state index contributed by atoms with van der Waals surface area (Å²) in [5.74, 6) is 0.347. The smallest absolute Gasteiger partial charge is 0.322 e. The number of hydrogen-bond donors (Lipinski definition) is 2. The molecule has 1 spiro atoms. The van der Waals surface area contributed by atoms with Crippen LogP contribution in [0.4, 0.5) is 4.79 Å². The number of nitrogens with zero attached hydrogens (tertiary/aromatic N) is 1. The van der Waals surface area contributed by atoms with E-state index in [0.717, 1.165) is 38.0 Å². The minimum Gasteiger partial charge on any atom is -0.488 e. The van der Waals surface area contributed by atoms with Gasteiger partial charge in [-0.1, -0.05) is 41.9 Å². The first-order valence-electron chi connectivity index (χ1n) is 11.3. The van der Waals surface area contributed by atoms with Crippen molar-refractivity contribution in [3.8, 4) is 5.75 Å². The van der Waals surface area contributed by atoms with Crippen molar-refractivity contribution in [1.82, 2.24) is 15.5 Å². The highest BCUT2D eigenvalue weighted by Crippen LogP contribution is 2.27. The van der Waals surface area contributed by atoms with Crippen LogP contribution in [0.1, 0.15) is 48.0 Å². The average molecular weight is 470 g/mol. The molecule has 0 atom stereocenters. The number of likely N-dealkylation sites (tertiary alicyclic amines) is 1. The number of unbranched alkanes of at least 4 members (excludes halogenated alkanes) is 1. The van der Waals surface area contributed by atoms with Gasteiger partial charge in [0.1, 0.15) is 17.9 Å². The lowest BCUT2D eigenvalue weighted by molar-refractivity contribution is -0.125. The van der Waals surface area contributed by atoms with Gasteiger partial charge in [0.15, 0.2) is 5.78 Å². The van der Waals surface area contributed by atoms with Crippen LogP contribution in [0.3, 0.4) is 0 Å². The van der Waals surface area contributed by atoms with Crippen molar-refractivity contribution in [2.75, 3.05) is 19.6 Å². The molecular formula is C25H28ClN3O4. The van der Waals surface area contributed by atoms with E-state index >= 15 is 0 Å². The number of carbonyl (C=O) groups excluding carboxylic acids is 3. The third-order valence-electron chi connectivity index (χ3n) is 6.33. The van der Waals surface area contributed by atoms with Crippen LogP contribution in [-0.2, 0) is 11.4 Å².